The predicted molar refractivity (Wildman–Crippen MR) is 78.1 cm³/mol. The Hall–Kier alpha value is -1.07. The molecule has 2 unspecified atom stereocenters. The minimum atomic E-state index is -0.470. The van der Waals surface area contributed by atoms with E-state index in [1.165, 1.54) is 6.42 Å². The van der Waals surface area contributed by atoms with Gasteiger partial charge in [0.25, 0.3) is 5.91 Å². The Balaban J connectivity index is 2.21. The van der Waals surface area contributed by atoms with Gasteiger partial charge in [-0.05, 0) is 44.0 Å². The summed E-state index contributed by atoms with van der Waals surface area (Å²) in [5.41, 5.74) is 11.6. The van der Waals surface area contributed by atoms with E-state index < -0.39 is 5.91 Å². The molecule has 0 radical (unpaired) electrons. The van der Waals surface area contributed by atoms with Crippen LogP contribution in [-0.4, -0.2) is 18.6 Å². The van der Waals surface area contributed by atoms with Gasteiger partial charge in [0.2, 0.25) is 0 Å². The smallest absolute Gasteiger partial charge is 0.252 e. The van der Waals surface area contributed by atoms with E-state index in [4.69, 9.17) is 16.2 Å². The molecule has 1 saturated carbocycles. The van der Waals surface area contributed by atoms with E-state index in [-0.39, 0.29) is 6.10 Å². The van der Waals surface area contributed by atoms with Crippen LogP contribution in [0.3, 0.4) is 0 Å². The summed E-state index contributed by atoms with van der Waals surface area (Å²) in [4.78, 5) is 11.4. The van der Waals surface area contributed by atoms with E-state index in [0.717, 1.165) is 23.7 Å². The van der Waals surface area contributed by atoms with Gasteiger partial charge in [0, 0.05) is 10.4 Å². The second-order valence-electron chi connectivity index (χ2n) is 4.94. The Kier molecular flexibility index (Phi) is 4.82. The molecule has 19 heavy (non-hydrogen) atoms. The van der Waals surface area contributed by atoms with Gasteiger partial charge in [-0.2, -0.15) is 0 Å². The molecule has 1 aliphatic rings. The summed E-state index contributed by atoms with van der Waals surface area (Å²) < 4.78 is 6.89. The quantitative estimate of drug-likeness (QED) is 0.891. The molecule has 0 saturated heterocycles. The number of hydrogen-bond acceptors (Lipinski definition) is 3. The molecule has 2 rings (SSSR count). The predicted octanol–water partition coefficient (Wildman–Crippen LogP) is 2.44. The normalized spacial score (nSPS) is 23.1. The van der Waals surface area contributed by atoms with Crippen molar-refractivity contribution in [3.8, 4) is 5.75 Å². The van der Waals surface area contributed by atoms with Crippen LogP contribution in [0.1, 0.15) is 36.0 Å². The molecule has 2 atom stereocenters. The second kappa shape index (κ2) is 6.39. The van der Waals surface area contributed by atoms with Gasteiger partial charge in [-0.15, -0.1) is 0 Å². The summed E-state index contributed by atoms with van der Waals surface area (Å²) in [5, 5.41) is 0. The molecule has 1 aromatic rings. The summed E-state index contributed by atoms with van der Waals surface area (Å²) in [6.07, 6.45) is 4.48. The molecule has 1 aliphatic carbocycles. The van der Waals surface area contributed by atoms with Crippen molar-refractivity contribution in [2.75, 3.05) is 6.54 Å². The van der Waals surface area contributed by atoms with Crippen LogP contribution >= 0.6 is 15.9 Å². The summed E-state index contributed by atoms with van der Waals surface area (Å²) in [7, 11) is 0. The molecule has 0 heterocycles. The van der Waals surface area contributed by atoms with Crippen LogP contribution in [-0.2, 0) is 0 Å². The summed E-state index contributed by atoms with van der Waals surface area (Å²) in [6.45, 7) is 0.616. The van der Waals surface area contributed by atoms with Crippen LogP contribution in [0.15, 0.2) is 22.7 Å². The van der Waals surface area contributed by atoms with E-state index in [1.807, 2.05) is 0 Å². The Morgan fingerprint density at radius 3 is 2.79 bits per heavy atom. The monoisotopic (exact) mass is 326 g/mol. The molecule has 4 N–H and O–H groups in total. The number of rotatable bonds is 4. The average molecular weight is 327 g/mol. The highest BCUT2D eigenvalue weighted by atomic mass is 79.9. The number of carbonyl (C=O) groups excluding carboxylic acids is 1. The number of halogens is 1. The highest BCUT2D eigenvalue weighted by molar-refractivity contribution is 9.10. The number of carbonyl (C=O) groups is 1. The highest BCUT2D eigenvalue weighted by Gasteiger charge is 2.26. The van der Waals surface area contributed by atoms with Gasteiger partial charge >= 0.3 is 0 Å². The minimum absolute atomic E-state index is 0.0751. The van der Waals surface area contributed by atoms with Crippen molar-refractivity contribution in [3.05, 3.63) is 28.2 Å². The van der Waals surface area contributed by atoms with Crippen LogP contribution in [0.2, 0.25) is 0 Å². The van der Waals surface area contributed by atoms with E-state index in [0.29, 0.717) is 23.8 Å². The lowest BCUT2D eigenvalue weighted by Crippen LogP contribution is -2.35. The lowest BCUT2D eigenvalue weighted by molar-refractivity contribution is 0.0907. The summed E-state index contributed by atoms with van der Waals surface area (Å²) in [5.74, 6) is 0.434. The van der Waals surface area contributed by atoms with Crippen molar-refractivity contribution in [2.45, 2.75) is 31.8 Å². The maximum atomic E-state index is 11.4. The number of hydrogen-bond donors (Lipinski definition) is 2. The molecule has 1 fully saturated rings. The van der Waals surface area contributed by atoms with Gasteiger partial charge in [0.05, 0.1) is 5.56 Å². The van der Waals surface area contributed by atoms with E-state index in [1.54, 1.807) is 18.2 Å². The average Bonchev–Trinajstić information content (AvgIpc) is 2.39. The van der Waals surface area contributed by atoms with Crippen molar-refractivity contribution < 1.29 is 9.53 Å². The van der Waals surface area contributed by atoms with Crippen LogP contribution in [0.25, 0.3) is 0 Å². The SMILES string of the molecule is NCC1CCCCC1Oc1cc(Br)ccc1C(N)=O. The molecular weight excluding hydrogens is 308 g/mol. The Bertz CT molecular complexity index is 465. The van der Waals surface area contributed by atoms with Crippen molar-refractivity contribution in [2.24, 2.45) is 17.4 Å². The van der Waals surface area contributed by atoms with Crippen molar-refractivity contribution in [1.29, 1.82) is 0 Å². The zero-order chi connectivity index (χ0) is 13.8. The van der Waals surface area contributed by atoms with E-state index in [9.17, 15) is 4.79 Å². The van der Waals surface area contributed by atoms with Crippen LogP contribution in [0.4, 0.5) is 0 Å². The van der Waals surface area contributed by atoms with Gasteiger partial charge in [0.15, 0.2) is 0 Å². The maximum Gasteiger partial charge on any atom is 0.252 e. The number of amides is 1. The standard InChI is InChI=1S/C14H19BrN2O2/c15-10-5-6-11(14(17)18)13(7-10)19-12-4-2-1-3-9(12)8-16/h5-7,9,12H,1-4,8,16H2,(H2,17,18). The molecule has 1 amide bonds. The van der Waals surface area contributed by atoms with Crippen LogP contribution < -0.4 is 16.2 Å². The first-order chi connectivity index (χ1) is 9.11. The first-order valence-electron chi connectivity index (χ1n) is 6.58. The van der Waals surface area contributed by atoms with Crippen molar-refractivity contribution in [1.82, 2.24) is 0 Å². The summed E-state index contributed by atoms with van der Waals surface area (Å²) in [6, 6.07) is 5.26. The number of nitrogens with two attached hydrogens (primary N) is 2. The zero-order valence-electron chi connectivity index (χ0n) is 10.8. The molecule has 104 valence electrons. The minimum Gasteiger partial charge on any atom is -0.489 e. The van der Waals surface area contributed by atoms with Gasteiger partial charge < -0.3 is 16.2 Å². The molecule has 0 spiro atoms. The van der Waals surface area contributed by atoms with Crippen molar-refractivity contribution >= 4 is 21.8 Å². The molecule has 4 nitrogen and oxygen atoms in total. The van der Waals surface area contributed by atoms with Gasteiger partial charge in [-0.1, -0.05) is 22.4 Å². The third-order valence-electron chi connectivity index (χ3n) is 3.63. The highest BCUT2D eigenvalue weighted by Crippen LogP contribution is 2.31. The second-order valence-corrected chi connectivity index (χ2v) is 5.86. The molecule has 0 aliphatic heterocycles. The van der Waals surface area contributed by atoms with Crippen molar-refractivity contribution in [3.63, 3.8) is 0 Å². The fourth-order valence-corrected chi connectivity index (χ4v) is 2.90. The molecule has 0 bridgehead atoms. The lowest BCUT2D eigenvalue weighted by Gasteiger charge is -2.31. The molecule has 0 aromatic heterocycles. The van der Waals surface area contributed by atoms with Gasteiger partial charge in [-0.25, -0.2) is 0 Å². The Morgan fingerprint density at radius 2 is 2.11 bits per heavy atom. The lowest BCUT2D eigenvalue weighted by atomic mass is 9.86. The van der Waals surface area contributed by atoms with Crippen LogP contribution in [0, 0.1) is 5.92 Å². The third-order valence-corrected chi connectivity index (χ3v) is 4.12. The molecule has 5 heteroatoms. The topological polar surface area (TPSA) is 78.3 Å². The zero-order valence-corrected chi connectivity index (χ0v) is 12.4. The maximum absolute atomic E-state index is 11.4. The first kappa shape index (κ1) is 14.3. The summed E-state index contributed by atoms with van der Waals surface area (Å²) >= 11 is 3.39. The number of ether oxygens (including phenoxy) is 1. The van der Waals surface area contributed by atoms with E-state index in [2.05, 4.69) is 15.9 Å². The Labute approximate surface area is 121 Å². The number of benzene rings is 1. The third kappa shape index (κ3) is 3.48. The van der Waals surface area contributed by atoms with E-state index >= 15 is 0 Å². The fraction of sp³-hybridized carbons (Fsp3) is 0.500. The molecular formula is C14H19BrN2O2. The molecule has 1 aromatic carbocycles. The number of primary amides is 1. The fourth-order valence-electron chi connectivity index (χ4n) is 2.56. The van der Waals surface area contributed by atoms with Gasteiger partial charge in [0.1, 0.15) is 11.9 Å². The largest absolute Gasteiger partial charge is 0.489 e. The Morgan fingerprint density at radius 1 is 1.37 bits per heavy atom. The van der Waals surface area contributed by atoms with Gasteiger partial charge in [-0.3, -0.25) is 4.79 Å². The van der Waals surface area contributed by atoms with Crippen LogP contribution in [0.5, 0.6) is 5.75 Å². The first-order valence-corrected chi connectivity index (χ1v) is 7.37.